The Morgan fingerprint density at radius 1 is 0.731 bits per heavy atom. The van der Waals surface area contributed by atoms with Crippen LogP contribution in [0.5, 0.6) is 0 Å². The van der Waals surface area contributed by atoms with E-state index >= 15 is 0 Å². The summed E-state index contributed by atoms with van der Waals surface area (Å²) in [7, 11) is -3.50. The van der Waals surface area contributed by atoms with Crippen molar-refractivity contribution in [2.24, 2.45) is 0 Å². The van der Waals surface area contributed by atoms with E-state index in [1.54, 1.807) is 0 Å². The van der Waals surface area contributed by atoms with E-state index in [-0.39, 0.29) is 5.75 Å². The Labute approximate surface area is 155 Å². The highest BCUT2D eigenvalue weighted by molar-refractivity contribution is 7.88. The van der Waals surface area contributed by atoms with Crippen molar-refractivity contribution >= 4 is 10.0 Å². The Kier molecular flexibility index (Phi) is 5.55. The molecule has 0 aliphatic heterocycles. The van der Waals surface area contributed by atoms with Crippen molar-refractivity contribution in [3.05, 3.63) is 107 Å². The van der Waals surface area contributed by atoms with Crippen LogP contribution >= 0.6 is 0 Å². The summed E-state index contributed by atoms with van der Waals surface area (Å²) in [5, 5.41) is 0. The Morgan fingerprint density at radius 2 is 1.23 bits per heavy atom. The van der Waals surface area contributed by atoms with Crippen molar-refractivity contribution in [1.82, 2.24) is 4.72 Å². The molecule has 3 nitrogen and oxygen atoms in total. The molecule has 3 aromatic carbocycles. The van der Waals surface area contributed by atoms with Crippen molar-refractivity contribution < 1.29 is 8.42 Å². The zero-order chi connectivity index (χ0) is 18.6. The second-order valence-corrected chi connectivity index (χ2v) is 8.37. The normalized spacial score (nSPS) is 12.7. The minimum Gasteiger partial charge on any atom is -0.212 e. The monoisotopic (exact) mass is 365 g/mol. The van der Waals surface area contributed by atoms with Gasteiger partial charge in [-0.15, -0.1) is 0 Å². The van der Waals surface area contributed by atoms with E-state index in [0.29, 0.717) is 0 Å². The Bertz CT molecular complexity index is 947. The predicted molar refractivity (Wildman–Crippen MR) is 106 cm³/mol. The van der Waals surface area contributed by atoms with Crippen molar-refractivity contribution in [2.45, 2.75) is 25.6 Å². The molecule has 0 amide bonds. The standard InChI is InChI=1S/C22H23NO2S/c1-17-8-12-19(13-9-17)16-26(24,25)23-22(20-6-4-3-5-7-20)21-14-10-18(2)11-15-21/h3-15,22-23H,16H2,1-2H3/t22-/m1/s1. The summed E-state index contributed by atoms with van der Waals surface area (Å²) in [4.78, 5) is 0. The molecule has 0 bridgehead atoms. The summed E-state index contributed by atoms with van der Waals surface area (Å²) in [6.07, 6.45) is 0. The molecule has 0 heterocycles. The third kappa shape index (κ3) is 4.81. The van der Waals surface area contributed by atoms with Crippen molar-refractivity contribution in [3.8, 4) is 0 Å². The van der Waals surface area contributed by atoms with Crippen LogP contribution in [-0.2, 0) is 15.8 Å². The van der Waals surface area contributed by atoms with Gasteiger partial charge in [0.05, 0.1) is 11.8 Å². The Morgan fingerprint density at radius 3 is 1.81 bits per heavy atom. The SMILES string of the molecule is Cc1ccc(CS(=O)(=O)N[C@H](c2ccccc2)c2ccc(C)cc2)cc1. The lowest BCUT2D eigenvalue weighted by Crippen LogP contribution is -2.30. The molecule has 0 radical (unpaired) electrons. The number of rotatable bonds is 6. The topological polar surface area (TPSA) is 46.2 Å². The lowest BCUT2D eigenvalue weighted by atomic mass is 9.99. The zero-order valence-corrected chi connectivity index (χ0v) is 15.8. The van der Waals surface area contributed by atoms with Crippen LogP contribution in [0.4, 0.5) is 0 Å². The summed E-state index contributed by atoms with van der Waals surface area (Å²) < 4.78 is 28.5. The first-order chi connectivity index (χ1) is 12.4. The fourth-order valence-electron chi connectivity index (χ4n) is 2.86. The molecule has 1 atom stereocenters. The van der Waals surface area contributed by atoms with E-state index in [1.165, 1.54) is 0 Å². The first-order valence-corrected chi connectivity index (χ1v) is 10.3. The fraction of sp³-hybridized carbons (Fsp3) is 0.182. The maximum absolute atomic E-state index is 12.8. The molecule has 26 heavy (non-hydrogen) atoms. The molecule has 4 heteroatoms. The number of aryl methyl sites for hydroxylation is 2. The summed E-state index contributed by atoms with van der Waals surface area (Å²) in [5.41, 5.74) is 4.88. The maximum atomic E-state index is 12.8. The number of hydrogen-bond donors (Lipinski definition) is 1. The van der Waals surface area contributed by atoms with Crippen LogP contribution in [0.2, 0.25) is 0 Å². The lowest BCUT2D eigenvalue weighted by Gasteiger charge is -2.20. The molecule has 0 aliphatic carbocycles. The predicted octanol–water partition coefficient (Wildman–Crippen LogP) is 4.51. The molecule has 0 aliphatic rings. The average molecular weight is 365 g/mol. The Hall–Kier alpha value is -2.43. The molecule has 0 unspecified atom stereocenters. The van der Waals surface area contributed by atoms with Gasteiger partial charge in [0.25, 0.3) is 0 Å². The molecule has 0 saturated carbocycles. The van der Waals surface area contributed by atoms with E-state index in [4.69, 9.17) is 0 Å². The molecule has 0 fully saturated rings. The van der Waals surface area contributed by atoms with Gasteiger partial charge in [0.15, 0.2) is 0 Å². The van der Waals surface area contributed by atoms with E-state index in [2.05, 4.69) is 4.72 Å². The minimum atomic E-state index is -3.50. The number of sulfonamides is 1. The third-order valence-electron chi connectivity index (χ3n) is 4.32. The first-order valence-electron chi connectivity index (χ1n) is 8.60. The highest BCUT2D eigenvalue weighted by atomic mass is 32.2. The summed E-state index contributed by atoms with van der Waals surface area (Å²) in [5.74, 6) is -0.0392. The average Bonchev–Trinajstić information content (AvgIpc) is 2.63. The summed E-state index contributed by atoms with van der Waals surface area (Å²) in [6.45, 7) is 4.00. The third-order valence-corrected chi connectivity index (χ3v) is 5.63. The maximum Gasteiger partial charge on any atom is 0.216 e. The molecular formula is C22H23NO2S. The summed E-state index contributed by atoms with van der Waals surface area (Å²) in [6, 6.07) is 24.8. The van der Waals surface area contributed by atoms with Gasteiger partial charge >= 0.3 is 0 Å². The smallest absolute Gasteiger partial charge is 0.212 e. The second kappa shape index (κ2) is 7.85. The van der Waals surface area contributed by atoms with E-state index < -0.39 is 16.1 Å². The van der Waals surface area contributed by atoms with Crippen molar-refractivity contribution in [2.75, 3.05) is 0 Å². The molecular weight excluding hydrogens is 342 g/mol. The molecule has 0 aromatic heterocycles. The molecule has 3 aromatic rings. The van der Waals surface area contributed by atoms with Gasteiger partial charge < -0.3 is 0 Å². The lowest BCUT2D eigenvalue weighted by molar-refractivity contribution is 0.571. The molecule has 134 valence electrons. The van der Waals surface area contributed by atoms with Crippen LogP contribution in [-0.4, -0.2) is 8.42 Å². The van der Waals surface area contributed by atoms with Gasteiger partial charge in [0, 0.05) is 0 Å². The van der Waals surface area contributed by atoms with E-state index in [1.807, 2.05) is 92.7 Å². The number of nitrogens with one attached hydrogen (secondary N) is 1. The highest BCUT2D eigenvalue weighted by Gasteiger charge is 2.21. The first kappa shape index (κ1) is 18.4. The minimum absolute atomic E-state index is 0.0392. The largest absolute Gasteiger partial charge is 0.216 e. The van der Waals surface area contributed by atoms with E-state index in [9.17, 15) is 8.42 Å². The fourth-order valence-corrected chi connectivity index (χ4v) is 4.20. The van der Waals surface area contributed by atoms with Gasteiger partial charge in [0.1, 0.15) is 0 Å². The van der Waals surface area contributed by atoms with Gasteiger partial charge in [0.2, 0.25) is 10.0 Å². The van der Waals surface area contributed by atoms with Crippen LogP contribution in [0.25, 0.3) is 0 Å². The van der Waals surface area contributed by atoms with E-state index in [0.717, 1.165) is 27.8 Å². The van der Waals surface area contributed by atoms with Crippen molar-refractivity contribution in [3.63, 3.8) is 0 Å². The van der Waals surface area contributed by atoms with Crippen LogP contribution in [0.15, 0.2) is 78.9 Å². The number of hydrogen-bond acceptors (Lipinski definition) is 2. The van der Waals surface area contributed by atoms with Gasteiger partial charge in [-0.25, -0.2) is 13.1 Å². The molecule has 0 saturated heterocycles. The van der Waals surface area contributed by atoms with Crippen LogP contribution < -0.4 is 4.72 Å². The quantitative estimate of drug-likeness (QED) is 0.698. The molecule has 0 spiro atoms. The van der Waals surface area contributed by atoms with Gasteiger partial charge in [-0.1, -0.05) is 90.0 Å². The zero-order valence-electron chi connectivity index (χ0n) is 15.0. The Balaban J connectivity index is 1.89. The van der Waals surface area contributed by atoms with Crippen LogP contribution in [0.1, 0.15) is 33.9 Å². The van der Waals surface area contributed by atoms with Crippen LogP contribution in [0.3, 0.4) is 0 Å². The van der Waals surface area contributed by atoms with Crippen molar-refractivity contribution in [1.29, 1.82) is 0 Å². The molecule has 3 rings (SSSR count). The van der Waals surface area contributed by atoms with Gasteiger partial charge in [-0.2, -0.15) is 0 Å². The molecule has 1 N–H and O–H groups in total. The number of benzene rings is 3. The van der Waals surface area contributed by atoms with Crippen LogP contribution in [0, 0.1) is 13.8 Å². The van der Waals surface area contributed by atoms with Gasteiger partial charge in [-0.3, -0.25) is 0 Å². The highest BCUT2D eigenvalue weighted by Crippen LogP contribution is 2.24. The summed E-state index contributed by atoms with van der Waals surface area (Å²) >= 11 is 0. The second-order valence-electron chi connectivity index (χ2n) is 6.62. The van der Waals surface area contributed by atoms with Gasteiger partial charge in [-0.05, 0) is 30.5 Å².